The van der Waals surface area contributed by atoms with Gasteiger partial charge in [0.25, 0.3) is 0 Å². The van der Waals surface area contributed by atoms with E-state index >= 15 is 0 Å². The van der Waals surface area contributed by atoms with Crippen LogP contribution in [0.3, 0.4) is 0 Å². The Morgan fingerprint density at radius 3 is 2.92 bits per heavy atom. The molecule has 4 rings (SSSR count). The number of rotatable bonds is 3. The molecule has 0 bridgehead atoms. The standard InChI is InChI=1S/C18H20N4O3/c1-11-7-16(21-18(19)20-11)22-6-2-3-13(9-22)17(23)12-4-5-14-15(8-12)25-10-24-14/h4-5,7-8,13H,2-3,6,9-10H2,1H3,(H2,19,20,21). The fourth-order valence-corrected chi connectivity index (χ4v) is 3.42. The van der Waals surface area contributed by atoms with E-state index in [0.29, 0.717) is 23.6 Å². The molecule has 0 saturated carbocycles. The fraction of sp³-hybridized carbons (Fsp3) is 0.389. The number of carbonyl (C=O) groups is 1. The van der Waals surface area contributed by atoms with E-state index in [9.17, 15) is 4.79 Å². The molecule has 1 saturated heterocycles. The van der Waals surface area contributed by atoms with Gasteiger partial charge in [0.1, 0.15) is 5.82 Å². The Morgan fingerprint density at radius 2 is 2.08 bits per heavy atom. The van der Waals surface area contributed by atoms with Gasteiger partial charge in [0, 0.05) is 36.3 Å². The van der Waals surface area contributed by atoms with E-state index in [-0.39, 0.29) is 24.4 Å². The number of ether oxygens (including phenoxy) is 2. The monoisotopic (exact) mass is 340 g/mol. The van der Waals surface area contributed by atoms with Crippen LogP contribution in [0.25, 0.3) is 0 Å². The third-order valence-corrected chi connectivity index (χ3v) is 4.63. The van der Waals surface area contributed by atoms with Crippen LogP contribution >= 0.6 is 0 Å². The Kier molecular flexibility index (Phi) is 3.91. The molecule has 0 spiro atoms. The second-order valence-electron chi connectivity index (χ2n) is 6.44. The van der Waals surface area contributed by atoms with Crippen LogP contribution in [-0.4, -0.2) is 35.6 Å². The fourth-order valence-electron chi connectivity index (χ4n) is 3.42. The number of hydrogen-bond donors (Lipinski definition) is 1. The maximum Gasteiger partial charge on any atom is 0.231 e. The molecule has 0 amide bonds. The molecule has 2 aliphatic heterocycles. The lowest BCUT2D eigenvalue weighted by Gasteiger charge is -2.33. The van der Waals surface area contributed by atoms with E-state index in [2.05, 4.69) is 14.9 Å². The molecule has 1 atom stereocenters. The summed E-state index contributed by atoms with van der Waals surface area (Å²) in [4.78, 5) is 23.5. The van der Waals surface area contributed by atoms with Gasteiger partial charge in [0.2, 0.25) is 12.7 Å². The van der Waals surface area contributed by atoms with Crippen LogP contribution in [0.5, 0.6) is 11.5 Å². The Bertz CT molecular complexity index is 804. The van der Waals surface area contributed by atoms with Crippen molar-refractivity contribution in [3.05, 3.63) is 35.5 Å². The molecular formula is C18H20N4O3. The van der Waals surface area contributed by atoms with Crippen molar-refractivity contribution in [3.8, 4) is 11.5 Å². The minimum atomic E-state index is -0.0781. The van der Waals surface area contributed by atoms with Gasteiger partial charge in [0.15, 0.2) is 17.3 Å². The van der Waals surface area contributed by atoms with Gasteiger partial charge in [-0.3, -0.25) is 4.79 Å². The predicted octanol–water partition coefficient (Wildman–Crippen LogP) is 2.20. The number of nitrogens with zero attached hydrogens (tertiary/aromatic N) is 3. The average molecular weight is 340 g/mol. The molecule has 2 aliphatic rings. The summed E-state index contributed by atoms with van der Waals surface area (Å²) in [7, 11) is 0. The van der Waals surface area contributed by atoms with E-state index in [0.717, 1.165) is 30.9 Å². The van der Waals surface area contributed by atoms with Gasteiger partial charge in [0.05, 0.1) is 0 Å². The van der Waals surface area contributed by atoms with E-state index in [1.54, 1.807) is 12.1 Å². The molecule has 1 fully saturated rings. The van der Waals surface area contributed by atoms with E-state index < -0.39 is 0 Å². The summed E-state index contributed by atoms with van der Waals surface area (Å²) in [5, 5.41) is 0. The van der Waals surface area contributed by atoms with Crippen LogP contribution in [0.2, 0.25) is 0 Å². The topological polar surface area (TPSA) is 90.6 Å². The average Bonchev–Trinajstić information content (AvgIpc) is 3.08. The van der Waals surface area contributed by atoms with Crippen molar-refractivity contribution >= 4 is 17.5 Å². The molecule has 2 aromatic rings. The Morgan fingerprint density at radius 1 is 1.24 bits per heavy atom. The number of carbonyl (C=O) groups excluding carboxylic acids is 1. The largest absolute Gasteiger partial charge is 0.454 e. The highest BCUT2D eigenvalue weighted by atomic mass is 16.7. The Balaban J connectivity index is 1.53. The summed E-state index contributed by atoms with van der Waals surface area (Å²) in [5.74, 6) is 2.42. The van der Waals surface area contributed by atoms with Gasteiger partial charge in [-0.25, -0.2) is 4.98 Å². The van der Waals surface area contributed by atoms with Gasteiger partial charge in [-0.15, -0.1) is 0 Å². The smallest absolute Gasteiger partial charge is 0.231 e. The predicted molar refractivity (Wildman–Crippen MR) is 93.0 cm³/mol. The lowest BCUT2D eigenvalue weighted by molar-refractivity contribution is 0.0906. The molecule has 1 aromatic carbocycles. The van der Waals surface area contributed by atoms with Gasteiger partial charge in [-0.05, 0) is 38.0 Å². The molecule has 0 radical (unpaired) electrons. The van der Waals surface area contributed by atoms with Crippen LogP contribution in [0, 0.1) is 12.8 Å². The van der Waals surface area contributed by atoms with Crippen molar-refractivity contribution in [1.82, 2.24) is 9.97 Å². The normalized spacial score (nSPS) is 19.1. The molecule has 25 heavy (non-hydrogen) atoms. The highest BCUT2D eigenvalue weighted by molar-refractivity contribution is 5.99. The number of piperidine rings is 1. The first-order valence-corrected chi connectivity index (χ1v) is 8.40. The van der Waals surface area contributed by atoms with Crippen molar-refractivity contribution < 1.29 is 14.3 Å². The first kappa shape index (κ1) is 15.7. The maximum absolute atomic E-state index is 12.9. The van der Waals surface area contributed by atoms with Gasteiger partial charge in [-0.2, -0.15) is 4.98 Å². The van der Waals surface area contributed by atoms with Crippen molar-refractivity contribution in [1.29, 1.82) is 0 Å². The minimum absolute atomic E-state index is 0.0781. The summed E-state index contributed by atoms with van der Waals surface area (Å²) in [5.41, 5.74) is 7.25. The SMILES string of the molecule is Cc1cc(N2CCCC(C(=O)c3ccc4c(c3)OCO4)C2)nc(N)n1. The van der Waals surface area contributed by atoms with Gasteiger partial charge in [-0.1, -0.05) is 0 Å². The maximum atomic E-state index is 12.9. The second kappa shape index (κ2) is 6.23. The number of benzene rings is 1. The number of nitrogen functional groups attached to an aromatic ring is 1. The first-order valence-electron chi connectivity index (χ1n) is 8.40. The number of aromatic nitrogens is 2. The zero-order valence-electron chi connectivity index (χ0n) is 14.1. The van der Waals surface area contributed by atoms with Crippen molar-refractivity contribution in [3.63, 3.8) is 0 Å². The van der Waals surface area contributed by atoms with Crippen LogP contribution in [0.1, 0.15) is 28.9 Å². The zero-order chi connectivity index (χ0) is 17.4. The lowest BCUT2D eigenvalue weighted by atomic mass is 9.90. The molecule has 0 aliphatic carbocycles. The number of ketones is 1. The van der Waals surface area contributed by atoms with Gasteiger partial charge >= 0.3 is 0 Å². The highest BCUT2D eigenvalue weighted by Crippen LogP contribution is 2.34. The van der Waals surface area contributed by atoms with Crippen LogP contribution < -0.4 is 20.1 Å². The zero-order valence-corrected chi connectivity index (χ0v) is 14.1. The van der Waals surface area contributed by atoms with E-state index in [1.807, 2.05) is 19.1 Å². The van der Waals surface area contributed by atoms with E-state index in [1.165, 1.54) is 0 Å². The number of nitrogens with two attached hydrogens (primary N) is 1. The molecule has 1 unspecified atom stereocenters. The Hall–Kier alpha value is -2.83. The third-order valence-electron chi connectivity index (χ3n) is 4.63. The molecular weight excluding hydrogens is 320 g/mol. The van der Waals surface area contributed by atoms with Crippen molar-refractivity contribution in [2.24, 2.45) is 5.92 Å². The Labute approximate surface area is 145 Å². The van der Waals surface area contributed by atoms with Crippen LogP contribution in [-0.2, 0) is 0 Å². The van der Waals surface area contributed by atoms with Crippen LogP contribution in [0.15, 0.2) is 24.3 Å². The number of Topliss-reactive ketones (excluding diaryl/α,β-unsaturated/α-hetero) is 1. The van der Waals surface area contributed by atoms with Crippen molar-refractivity contribution in [2.45, 2.75) is 19.8 Å². The third kappa shape index (κ3) is 3.09. The summed E-state index contributed by atoms with van der Waals surface area (Å²) in [6, 6.07) is 7.28. The summed E-state index contributed by atoms with van der Waals surface area (Å²) in [6.07, 6.45) is 1.80. The second-order valence-corrected chi connectivity index (χ2v) is 6.44. The summed E-state index contributed by atoms with van der Waals surface area (Å²) in [6.45, 7) is 3.59. The lowest BCUT2D eigenvalue weighted by Crippen LogP contribution is -2.39. The van der Waals surface area contributed by atoms with Crippen molar-refractivity contribution in [2.75, 3.05) is 30.5 Å². The molecule has 7 nitrogen and oxygen atoms in total. The quantitative estimate of drug-likeness (QED) is 0.857. The molecule has 3 heterocycles. The molecule has 7 heteroatoms. The summed E-state index contributed by atoms with van der Waals surface area (Å²) < 4.78 is 10.7. The number of hydrogen-bond acceptors (Lipinski definition) is 7. The first-order chi connectivity index (χ1) is 12.1. The van der Waals surface area contributed by atoms with Crippen LogP contribution in [0.4, 0.5) is 11.8 Å². The van der Waals surface area contributed by atoms with E-state index in [4.69, 9.17) is 15.2 Å². The summed E-state index contributed by atoms with van der Waals surface area (Å²) >= 11 is 0. The molecule has 1 aromatic heterocycles. The minimum Gasteiger partial charge on any atom is -0.454 e. The molecule has 2 N–H and O–H groups in total. The number of anilines is 2. The molecule has 130 valence electrons. The number of fused-ring (bicyclic) bond motifs is 1. The number of aryl methyl sites for hydroxylation is 1. The van der Waals surface area contributed by atoms with Gasteiger partial charge < -0.3 is 20.1 Å². The highest BCUT2D eigenvalue weighted by Gasteiger charge is 2.28.